The fourth-order valence-corrected chi connectivity index (χ4v) is 2.35. The highest BCUT2D eigenvalue weighted by Crippen LogP contribution is 2.36. The van der Waals surface area contributed by atoms with Crippen LogP contribution in [0.3, 0.4) is 0 Å². The van der Waals surface area contributed by atoms with Crippen molar-refractivity contribution in [1.29, 1.82) is 0 Å². The number of ether oxygens (including phenoxy) is 1. The summed E-state index contributed by atoms with van der Waals surface area (Å²) in [6, 6.07) is 5.20. The number of halogens is 3. The highest BCUT2D eigenvalue weighted by atomic mass is 19.4. The molecule has 1 aromatic carbocycles. The molecule has 0 saturated carbocycles. The number of hydrogen-bond donors (Lipinski definition) is 1. The van der Waals surface area contributed by atoms with Crippen LogP contribution < -0.4 is 15.5 Å². The Bertz CT molecular complexity index is 660. The maximum atomic E-state index is 12.1. The van der Waals surface area contributed by atoms with E-state index in [1.165, 1.54) is 0 Å². The van der Waals surface area contributed by atoms with E-state index in [2.05, 4.69) is 0 Å². The minimum atomic E-state index is -4.45. The number of benzene rings is 1. The van der Waals surface area contributed by atoms with Gasteiger partial charge in [-0.3, -0.25) is 4.79 Å². The van der Waals surface area contributed by atoms with Crippen molar-refractivity contribution in [3.63, 3.8) is 0 Å². The lowest BCUT2D eigenvalue weighted by Gasteiger charge is -2.32. The molecule has 1 N–H and O–H groups in total. The Kier molecular flexibility index (Phi) is 5.63. The van der Waals surface area contributed by atoms with Crippen LogP contribution in [0.4, 0.5) is 13.2 Å². The summed E-state index contributed by atoms with van der Waals surface area (Å²) < 4.78 is 53.4. The number of aryl methyl sites for hydroxylation is 1. The Morgan fingerprint density at radius 3 is 2.27 bits per heavy atom. The first-order valence-corrected chi connectivity index (χ1v) is 8.23. The van der Waals surface area contributed by atoms with Gasteiger partial charge in [-0.25, -0.2) is 0 Å². The van der Waals surface area contributed by atoms with Gasteiger partial charge in [0.2, 0.25) is 0 Å². The molecule has 2 rings (SSSR count). The molecular weight excluding hydrogens is 350 g/mol. The van der Waals surface area contributed by atoms with Crippen molar-refractivity contribution in [2.24, 2.45) is 0 Å². The Labute approximate surface area is 151 Å². The van der Waals surface area contributed by atoms with Crippen LogP contribution in [0.15, 0.2) is 18.2 Å². The van der Waals surface area contributed by atoms with Gasteiger partial charge in [0.1, 0.15) is 12.3 Å². The summed E-state index contributed by atoms with van der Waals surface area (Å²) in [7, 11) is -0.525. The number of alkyl halides is 3. The van der Waals surface area contributed by atoms with Gasteiger partial charge in [-0.15, -0.1) is 0 Å². The van der Waals surface area contributed by atoms with E-state index < -0.39 is 43.6 Å². The topological polar surface area (TPSA) is 56.8 Å². The predicted octanol–water partition coefficient (Wildman–Crippen LogP) is 2.35. The molecule has 26 heavy (non-hydrogen) atoms. The molecule has 0 aliphatic carbocycles. The number of amides is 1. The zero-order chi connectivity index (χ0) is 19.8. The largest absolute Gasteiger partial charge is 0.494 e. The maximum absolute atomic E-state index is 12.1. The monoisotopic (exact) mass is 373 g/mol. The molecule has 1 aliphatic rings. The van der Waals surface area contributed by atoms with Gasteiger partial charge in [0.25, 0.3) is 5.91 Å². The van der Waals surface area contributed by atoms with Crippen LogP contribution in [0.1, 0.15) is 33.3 Å². The number of rotatable bonds is 5. The first-order valence-electron chi connectivity index (χ1n) is 8.23. The molecule has 1 amide bonds. The van der Waals surface area contributed by atoms with E-state index in [0.29, 0.717) is 5.75 Å². The molecule has 144 valence electrons. The van der Waals surface area contributed by atoms with Gasteiger partial charge in [-0.05, 0) is 51.7 Å². The molecule has 5 nitrogen and oxygen atoms in total. The molecule has 0 bridgehead atoms. The third kappa shape index (κ3) is 4.91. The van der Waals surface area contributed by atoms with Crippen molar-refractivity contribution in [2.45, 2.75) is 52.0 Å². The van der Waals surface area contributed by atoms with Gasteiger partial charge in [-0.1, -0.05) is 12.1 Å². The van der Waals surface area contributed by atoms with Gasteiger partial charge in [0, 0.05) is 0 Å². The Morgan fingerprint density at radius 2 is 1.77 bits per heavy atom. The summed E-state index contributed by atoms with van der Waals surface area (Å²) in [6.07, 6.45) is -4.45. The predicted molar refractivity (Wildman–Crippen MR) is 91.5 cm³/mol. The molecular formula is C17H23BF3NO4. The minimum Gasteiger partial charge on any atom is -0.484 e. The van der Waals surface area contributed by atoms with E-state index in [4.69, 9.17) is 14.0 Å². The highest BCUT2D eigenvalue weighted by Gasteiger charge is 2.51. The molecule has 1 fully saturated rings. The first kappa shape index (κ1) is 20.6. The summed E-state index contributed by atoms with van der Waals surface area (Å²) in [6.45, 7) is 7.72. The second-order valence-electron chi connectivity index (χ2n) is 7.29. The summed E-state index contributed by atoms with van der Waals surface area (Å²) in [5.41, 5.74) is 0.602. The molecule has 0 radical (unpaired) electrons. The van der Waals surface area contributed by atoms with E-state index in [-0.39, 0.29) is 0 Å². The van der Waals surface area contributed by atoms with Gasteiger partial charge >= 0.3 is 13.3 Å². The van der Waals surface area contributed by atoms with E-state index >= 15 is 0 Å². The van der Waals surface area contributed by atoms with Crippen LogP contribution in [0.2, 0.25) is 0 Å². The van der Waals surface area contributed by atoms with Crippen LogP contribution in [0, 0.1) is 6.92 Å². The number of carbonyl (C=O) groups excluding carboxylic acids is 1. The third-order valence-corrected chi connectivity index (χ3v) is 4.57. The third-order valence-electron chi connectivity index (χ3n) is 4.57. The number of hydrogen-bond acceptors (Lipinski definition) is 4. The molecule has 1 heterocycles. The smallest absolute Gasteiger partial charge is 0.484 e. The van der Waals surface area contributed by atoms with Crippen molar-refractivity contribution in [1.82, 2.24) is 5.32 Å². The van der Waals surface area contributed by atoms with E-state index in [0.717, 1.165) is 11.0 Å². The summed E-state index contributed by atoms with van der Waals surface area (Å²) in [5.74, 6) is -0.427. The fourth-order valence-electron chi connectivity index (χ4n) is 2.35. The Morgan fingerprint density at radius 1 is 1.19 bits per heavy atom. The average Bonchev–Trinajstić information content (AvgIpc) is 2.71. The van der Waals surface area contributed by atoms with Crippen LogP contribution in [-0.2, 0) is 14.1 Å². The summed E-state index contributed by atoms with van der Waals surface area (Å²) >= 11 is 0. The summed E-state index contributed by atoms with van der Waals surface area (Å²) in [5, 5.41) is 1.76. The van der Waals surface area contributed by atoms with Gasteiger partial charge < -0.3 is 19.4 Å². The first-order chi connectivity index (χ1) is 11.8. The Hall–Kier alpha value is -1.74. The zero-order valence-electron chi connectivity index (χ0n) is 15.5. The fraction of sp³-hybridized carbons (Fsp3) is 0.588. The molecule has 1 aromatic rings. The minimum absolute atomic E-state index is 0.410. The van der Waals surface area contributed by atoms with Crippen LogP contribution in [0.25, 0.3) is 0 Å². The van der Waals surface area contributed by atoms with Crippen LogP contribution in [-0.4, -0.2) is 43.6 Å². The number of nitrogens with one attached hydrogen (secondary N) is 1. The van der Waals surface area contributed by atoms with Crippen molar-refractivity contribution in [3.05, 3.63) is 23.8 Å². The molecule has 1 saturated heterocycles. The van der Waals surface area contributed by atoms with Crippen molar-refractivity contribution in [2.75, 3.05) is 13.2 Å². The molecule has 1 aliphatic heterocycles. The standard InChI is InChI=1S/C17H23BF3NO4/c1-11-8-12(18-25-15(2,3)16(4,5)26-18)6-7-13(11)24-9-14(23)22-10-17(19,20)21/h6-8H,9-10H2,1-5H3,(H,22,23). The summed E-state index contributed by atoms with van der Waals surface area (Å²) in [4.78, 5) is 11.4. The van der Waals surface area contributed by atoms with Crippen molar-refractivity contribution >= 4 is 18.5 Å². The molecule has 0 atom stereocenters. The van der Waals surface area contributed by atoms with E-state index in [1.807, 2.05) is 33.8 Å². The van der Waals surface area contributed by atoms with Crippen LogP contribution >= 0.6 is 0 Å². The average molecular weight is 373 g/mol. The van der Waals surface area contributed by atoms with Gasteiger partial charge in [0.15, 0.2) is 6.61 Å². The van der Waals surface area contributed by atoms with Crippen LogP contribution in [0.5, 0.6) is 5.75 Å². The number of carbonyl (C=O) groups is 1. The van der Waals surface area contributed by atoms with Gasteiger partial charge in [-0.2, -0.15) is 13.2 Å². The normalized spacial score (nSPS) is 18.7. The maximum Gasteiger partial charge on any atom is 0.494 e. The quantitative estimate of drug-likeness (QED) is 0.806. The van der Waals surface area contributed by atoms with Crippen molar-refractivity contribution in [3.8, 4) is 5.75 Å². The second-order valence-corrected chi connectivity index (χ2v) is 7.29. The van der Waals surface area contributed by atoms with E-state index in [1.54, 1.807) is 24.4 Å². The lowest BCUT2D eigenvalue weighted by molar-refractivity contribution is -0.139. The molecule has 0 spiro atoms. The second kappa shape index (κ2) is 7.11. The lowest BCUT2D eigenvalue weighted by Crippen LogP contribution is -2.41. The SMILES string of the molecule is Cc1cc(B2OC(C)(C)C(C)(C)O2)ccc1OCC(=O)NCC(F)(F)F. The zero-order valence-corrected chi connectivity index (χ0v) is 15.5. The van der Waals surface area contributed by atoms with E-state index in [9.17, 15) is 18.0 Å². The molecule has 9 heteroatoms. The van der Waals surface area contributed by atoms with Gasteiger partial charge in [0.05, 0.1) is 11.2 Å². The van der Waals surface area contributed by atoms with Crippen molar-refractivity contribution < 1.29 is 32.0 Å². The lowest BCUT2D eigenvalue weighted by atomic mass is 9.78. The molecule has 0 aromatic heterocycles. The highest BCUT2D eigenvalue weighted by molar-refractivity contribution is 6.62. The molecule has 0 unspecified atom stereocenters. The Balaban J connectivity index is 1.97.